The van der Waals surface area contributed by atoms with Gasteiger partial charge < -0.3 is 0 Å². The van der Waals surface area contributed by atoms with E-state index in [0.29, 0.717) is 0 Å². The largest absolute Gasteiger partial charge is 0.276 e. The molecule has 27 heavy (non-hydrogen) atoms. The minimum absolute atomic E-state index is 0.00866. The Balaban J connectivity index is 2.14. The lowest BCUT2D eigenvalue weighted by Crippen LogP contribution is -2.24. The fourth-order valence-corrected chi connectivity index (χ4v) is 3.62. The number of rotatable bonds is 3. The Bertz CT molecular complexity index is 1130. The van der Waals surface area contributed by atoms with E-state index in [4.69, 9.17) is 0 Å². The lowest BCUT2D eigenvalue weighted by molar-refractivity contribution is 0.980. The van der Waals surface area contributed by atoms with Gasteiger partial charge in [0, 0.05) is 5.69 Å². The molecule has 0 amide bonds. The van der Waals surface area contributed by atoms with Gasteiger partial charge in [-0.05, 0) is 48.2 Å². The maximum Gasteiger partial charge on any atom is 0.263 e. The Hall–Kier alpha value is -3.39. The molecule has 2 heteroatoms. The molecule has 0 atom stereocenters. The Morgan fingerprint density at radius 1 is 0.593 bits per heavy atom. The molecule has 0 N–H and O–H groups in total. The Labute approximate surface area is 159 Å². The van der Waals surface area contributed by atoms with Crippen molar-refractivity contribution < 1.29 is 0 Å². The molecule has 0 aliphatic carbocycles. The zero-order valence-corrected chi connectivity index (χ0v) is 15.5. The van der Waals surface area contributed by atoms with Gasteiger partial charge in [0.25, 0.3) is 5.56 Å². The van der Waals surface area contributed by atoms with E-state index in [-0.39, 0.29) is 5.56 Å². The van der Waals surface area contributed by atoms with Gasteiger partial charge in [0.05, 0.1) is 11.3 Å². The molecule has 0 aliphatic heterocycles. The number of nitrogens with zero attached hydrogens (tertiary/aromatic N) is 1. The fraction of sp³-hybridized carbons (Fsp3) is 0.0800. The first-order valence-electron chi connectivity index (χ1n) is 9.11. The van der Waals surface area contributed by atoms with Crippen LogP contribution in [0.3, 0.4) is 0 Å². The van der Waals surface area contributed by atoms with Gasteiger partial charge in [-0.3, -0.25) is 9.36 Å². The standard InChI is InChI=1S/C25H21NO/c1-18-19(2)24(21-14-8-4-9-15-21)26(22-16-10-5-11-17-22)25(27)23(18)20-12-6-3-7-13-20/h3-17H,1-2H3. The van der Waals surface area contributed by atoms with Crippen molar-refractivity contribution in [2.75, 3.05) is 0 Å². The van der Waals surface area contributed by atoms with Gasteiger partial charge in [0.15, 0.2) is 0 Å². The summed E-state index contributed by atoms with van der Waals surface area (Å²) in [4.78, 5) is 13.7. The van der Waals surface area contributed by atoms with E-state index in [1.54, 1.807) is 0 Å². The zero-order chi connectivity index (χ0) is 18.8. The number of para-hydroxylation sites is 1. The average molecular weight is 351 g/mol. The van der Waals surface area contributed by atoms with Crippen LogP contribution in [-0.4, -0.2) is 4.57 Å². The van der Waals surface area contributed by atoms with Crippen LogP contribution in [0.1, 0.15) is 11.1 Å². The van der Waals surface area contributed by atoms with Crippen LogP contribution in [0, 0.1) is 13.8 Å². The molecule has 0 aliphatic rings. The highest BCUT2D eigenvalue weighted by Gasteiger charge is 2.20. The number of benzene rings is 3. The molecule has 0 radical (unpaired) electrons. The van der Waals surface area contributed by atoms with E-state index in [9.17, 15) is 4.79 Å². The first-order valence-corrected chi connectivity index (χ1v) is 9.11. The SMILES string of the molecule is Cc1c(C)c(-c2ccccc2)n(-c2ccccc2)c(=O)c1-c1ccccc1. The van der Waals surface area contributed by atoms with Crippen LogP contribution in [-0.2, 0) is 0 Å². The quantitative estimate of drug-likeness (QED) is 0.458. The van der Waals surface area contributed by atoms with Crippen LogP contribution in [0.15, 0.2) is 95.8 Å². The Morgan fingerprint density at radius 2 is 1.07 bits per heavy atom. The summed E-state index contributed by atoms with van der Waals surface area (Å²) in [5.74, 6) is 0. The summed E-state index contributed by atoms with van der Waals surface area (Å²) in [6.07, 6.45) is 0. The molecule has 132 valence electrons. The van der Waals surface area contributed by atoms with Gasteiger partial charge in [0.1, 0.15) is 0 Å². The molecular weight excluding hydrogens is 330 g/mol. The summed E-state index contributed by atoms with van der Waals surface area (Å²) >= 11 is 0. The first-order chi connectivity index (χ1) is 13.2. The summed E-state index contributed by atoms with van der Waals surface area (Å²) in [6, 6.07) is 29.9. The molecule has 0 unspecified atom stereocenters. The Morgan fingerprint density at radius 3 is 1.63 bits per heavy atom. The lowest BCUT2D eigenvalue weighted by Gasteiger charge is -2.21. The summed E-state index contributed by atoms with van der Waals surface area (Å²) in [5, 5.41) is 0. The number of aromatic nitrogens is 1. The van der Waals surface area contributed by atoms with Crippen molar-refractivity contribution in [3.63, 3.8) is 0 Å². The topological polar surface area (TPSA) is 22.0 Å². The van der Waals surface area contributed by atoms with E-state index in [1.165, 1.54) is 0 Å². The molecule has 0 fully saturated rings. The molecule has 3 aromatic carbocycles. The highest BCUT2D eigenvalue weighted by Crippen LogP contribution is 2.31. The van der Waals surface area contributed by atoms with E-state index >= 15 is 0 Å². The van der Waals surface area contributed by atoms with E-state index in [2.05, 4.69) is 19.1 Å². The van der Waals surface area contributed by atoms with Gasteiger partial charge >= 0.3 is 0 Å². The molecule has 0 saturated carbocycles. The monoisotopic (exact) mass is 351 g/mol. The van der Waals surface area contributed by atoms with Crippen LogP contribution in [0.4, 0.5) is 0 Å². The van der Waals surface area contributed by atoms with E-state index in [0.717, 1.165) is 39.2 Å². The average Bonchev–Trinajstić information content (AvgIpc) is 2.73. The van der Waals surface area contributed by atoms with Crippen molar-refractivity contribution in [2.24, 2.45) is 0 Å². The highest BCUT2D eigenvalue weighted by atomic mass is 16.1. The maximum absolute atomic E-state index is 13.7. The van der Waals surface area contributed by atoms with Crippen molar-refractivity contribution >= 4 is 0 Å². The molecule has 0 bridgehead atoms. The lowest BCUT2D eigenvalue weighted by atomic mass is 9.94. The van der Waals surface area contributed by atoms with Gasteiger partial charge in [-0.15, -0.1) is 0 Å². The van der Waals surface area contributed by atoms with Crippen LogP contribution < -0.4 is 5.56 Å². The molecular formula is C25H21NO. The molecule has 4 rings (SSSR count). The molecule has 0 saturated heterocycles. The number of pyridine rings is 1. The molecule has 1 heterocycles. The van der Waals surface area contributed by atoms with Gasteiger partial charge in [-0.2, -0.15) is 0 Å². The molecule has 0 spiro atoms. The van der Waals surface area contributed by atoms with Crippen LogP contribution in [0.5, 0.6) is 0 Å². The molecule has 4 aromatic rings. The second-order valence-electron chi connectivity index (χ2n) is 6.68. The van der Waals surface area contributed by atoms with Crippen molar-refractivity contribution in [3.05, 3.63) is 112 Å². The third-order valence-electron chi connectivity index (χ3n) is 5.06. The van der Waals surface area contributed by atoms with Crippen molar-refractivity contribution in [1.29, 1.82) is 0 Å². The highest BCUT2D eigenvalue weighted by molar-refractivity contribution is 5.75. The molecule has 1 aromatic heterocycles. The summed E-state index contributed by atoms with van der Waals surface area (Å²) in [7, 11) is 0. The van der Waals surface area contributed by atoms with Crippen molar-refractivity contribution in [1.82, 2.24) is 4.57 Å². The van der Waals surface area contributed by atoms with Crippen molar-refractivity contribution in [2.45, 2.75) is 13.8 Å². The van der Waals surface area contributed by atoms with Crippen LogP contribution in [0.25, 0.3) is 28.1 Å². The van der Waals surface area contributed by atoms with Gasteiger partial charge in [-0.1, -0.05) is 78.9 Å². The maximum atomic E-state index is 13.7. The normalized spacial score (nSPS) is 10.7. The van der Waals surface area contributed by atoms with Crippen LogP contribution >= 0.6 is 0 Å². The van der Waals surface area contributed by atoms with Gasteiger partial charge in [0.2, 0.25) is 0 Å². The third-order valence-corrected chi connectivity index (χ3v) is 5.06. The Kier molecular flexibility index (Phi) is 4.47. The first kappa shape index (κ1) is 17.0. The van der Waals surface area contributed by atoms with Crippen molar-refractivity contribution in [3.8, 4) is 28.1 Å². The summed E-state index contributed by atoms with van der Waals surface area (Å²) in [6.45, 7) is 4.14. The smallest absolute Gasteiger partial charge is 0.263 e. The second-order valence-corrected chi connectivity index (χ2v) is 6.68. The predicted molar refractivity (Wildman–Crippen MR) is 112 cm³/mol. The van der Waals surface area contributed by atoms with E-state index in [1.807, 2.05) is 90.4 Å². The third kappa shape index (κ3) is 3.00. The van der Waals surface area contributed by atoms with E-state index < -0.39 is 0 Å². The van der Waals surface area contributed by atoms with Crippen LogP contribution in [0.2, 0.25) is 0 Å². The number of hydrogen-bond donors (Lipinski definition) is 0. The fourth-order valence-electron chi connectivity index (χ4n) is 3.62. The molecule has 2 nitrogen and oxygen atoms in total. The predicted octanol–water partition coefficient (Wildman–Crippen LogP) is 5.79. The summed E-state index contributed by atoms with van der Waals surface area (Å²) in [5.41, 5.74) is 6.73. The summed E-state index contributed by atoms with van der Waals surface area (Å²) < 4.78 is 1.85. The minimum atomic E-state index is 0.00866. The second kappa shape index (κ2) is 7.08. The number of hydrogen-bond acceptors (Lipinski definition) is 1. The zero-order valence-electron chi connectivity index (χ0n) is 15.5. The van der Waals surface area contributed by atoms with Gasteiger partial charge in [-0.25, -0.2) is 0 Å². The minimum Gasteiger partial charge on any atom is -0.276 e.